The summed E-state index contributed by atoms with van der Waals surface area (Å²) in [4.78, 5) is 0. The Morgan fingerprint density at radius 2 is 2.06 bits per heavy atom. The van der Waals surface area contributed by atoms with Crippen LogP contribution in [0.25, 0.3) is 0 Å². The zero-order chi connectivity index (χ0) is 11.5. The normalized spacial score (nSPS) is 12.4. The molecule has 1 atom stereocenters. The highest BCUT2D eigenvalue weighted by atomic mass is 35.5. The lowest BCUT2D eigenvalue weighted by atomic mass is 10.2. The average molecular weight is 256 g/mol. The Kier molecular flexibility index (Phi) is 3.36. The SMILES string of the molecule is CC(Nc1ccc(Cl)c(Cl)c1)c1ccn[nH]1. The third-order valence-corrected chi connectivity index (χ3v) is 3.03. The van der Waals surface area contributed by atoms with Crippen molar-refractivity contribution in [2.75, 3.05) is 5.32 Å². The molecule has 1 heterocycles. The van der Waals surface area contributed by atoms with E-state index in [9.17, 15) is 0 Å². The lowest BCUT2D eigenvalue weighted by Gasteiger charge is -2.13. The number of anilines is 1. The second-order valence-corrected chi connectivity index (χ2v) is 4.32. The second-order valence-electron chi connectivity index (χ2n) is 3.51. The van der Waals surface area contributed by atoms with Crippen molar-refractivity contribution in [1.29, 1.82) is 0 Å². The van der Waals surface area contributed by atoms with Gasteiger partial charge in [0.05, 0.1) is 21.8 Å². The summed E-state index contributed by atoms with van der Waals surface area (Å²) in [7, 11) is 0. The molecule has 0 aliphatic carbocycles. The van der Waals surface area contributed by atoms with Crippen LogP contribution in [0.5, 0.6) is 0 Å². The van der Waals surface area contributed by atoms with Crippen LogP contribution in [0.1, 0.15) is 18.7 Å². The Bertz CT molecular complexity index is 468. The van der Waals surface area contributed by atoms with Crippen molar-refractivity contribution in [3.63, 3.8) is 0 Å². The van der Waals surface area contributed by atoms with Crippen molar-refractivity contribution in [2.45, 2.75) is 13.0 Å². The number of aromatic nitrogens is 2. The quantitative estimate of drug-likeness (QED) is 0.874. The topological polar surface area (TPSA) is 40.7 Å². The van der Waals surface area contributed by atoms with Crippen molar-refractivity contribution in [3.05, 3.63) is 46.2 Å². The summed E-state index contributed by atoms with van der Waals surface area (Å²) in [5, 5.41) is 11.2. The first-order valence-electron chi connectivity index (χ1n) is 4.87. The van der Waals surface area contributed by atoms with E-state index in [0.717, 1.165) is 11.4 Å². The van der Waals surface area contributed by atoms with E-state index in [0.29, 0.717) is 10.0 Å². The molecule has 0 bridgehead atoms. The van der Waals surface area contributed by atoms with Gasteiger partial charge in [-0.15, -0.1) is 0 Å². The minimum atomic E-state index is 0.139. The molecule has 16 heavy (non-hydrogen) atoms. The summed E-state index contributed by atoms with van der Waals surface area (Å²) in [6, 6.07) is 7.53. The van der Waals surface area contributed by atoms with Crippen LogP contribution >= 0.6 is 23.2 Å². The molecule has 2 rings (SSSR count). The molecule has 0 aliphatic rings. The number of nitrogens with zero attached hydrogens (tertiary/aromatic N) is 1. The van der Waals surface area contributed by atoms with Crippen molar-refractivity contribution in [1.82, 2.24) is 10.2 Å². The number of rotatable bonds is 3. The third-order valence-electron chi connectivity index (χ3n) is 2.29. The molecular formula is C11H11Cl2N3. The number of halogens is 2. The Morgan fingerprint density at radius 1 is 1.25 bits per heavy atom. The molecule has 1 aromatic carbocycles. The molecule has 0 amide bonds. The fourth-order valence-corrected chi connectivity index (χ4v) is 1.72. The number of nitrogens with one attached hydrogen (secondary N) is 2. The van der Waals surface area contributed by atoms with Gasteiger partial charge in [-0.2, -0.15) is 5.10 Å². The molecule has 0 spiro atoms. The summed E-state index contributed by atoms with van der Waals surface area (Å²) in [5.41, 5.74) is 1.95. The highest BCUT2D eigenvalue weighted by Crippen LogP contribution is 2.26. The molecule has 1 unspecified atom stereocenters. The Balaban J connectivity index is 2.12. The minimum Gasteiger partial charge on any atom is -0.377 e. The van der Waals surface area contributed by atoms with Crippen LogP contribution in [0.4, 0.5) is 5.69 Å². The highest BCUT2D eigenvalue weighted by molar-refractivity contribution is 6.42. The summed E-state index contributed by atoms with van der Waals surface area (Å²) >= 11 is 11.8. The fourth-order valence-electron chi connectivity index (χ4n) is 1.42. The molecule has 0 radical (unpaired) electrons. The maximum Gasteiger partial charge on any atom is 0.0651 e. The Morgan fingerprint density at radius 3 is 2.69 bits per heavy atom. The van der Waals surface area contributed by atoms with Gasteiger partial charge in [0.25, 0.3) is 0 Å². The first-order valence-corrected chi connectivity index (χ1v) is 5.63. The van der Waals surface area contributed by atoms with Crippen LogP contribution in [0.2, 0.25) is 10.0 Å². The van der Waals surface area contributed by atoms with Gasteiger partial charge in [-0.3, -0.25) is 5.10 Å². The number of benzene rings is 1. The van der Waals surface area contributed by atoms with E-state index >= 15 is 0 Å². The second kappa shape index (κ2) is 4.76. The van der Waals surface area contributed by atoms with Crippen LogP contribution in [0.15, 0.2) is 30.5 Å². The van der Waals surface area contributed by atoms with Gasteiger partial charge in [0.1, 0.15) is 0 Å². The van der Waals surface area contributed by atoms with Gasteiger partial charge in [-0.25, -0.2) is 0 Å². The lowest BCUT2D eigenvalue weighted by Crippen LogP contribution is -2.06. The molecule has 2 aromatic rings. The van der Waals surface area contributed by atoms with E-state index in [1.54, 1.807) is 18.3 Å². The predicted octanol–water partition coefficient (Wildman–Crippen LogP) is 3.89. The van der Waals surface area contributed by atoms with E-state index < -0.39 is 0 Å². The van der Waals surface area contributed by atoms with E-state index in [-0.39, 0.29) is 6.04 Å². The van der Waals surface area contributed by atoms with E-state index in [1.165, 1.54) is 0 Å². The van der Waals surface area contributed by atoms with E-state index in [1.807, 2.05) is 19.1 Å². The first kappa shape index (κ1) is 11.3. The standard InChI is InChI=1S/C11H11Cl2N3/c1-7(11-4-5-14-16-11)15-8-2-3-9(12)10(13)6-8/h2-7,15H,1H3,(H,14,16). The maximum absolute atomic E-state index is 5.93. The lowest BCUT2D eigenvalue weighted by molar-refractivity contribution is 0.826. The van der Waals surface area contributed by atoms with Gasteiger partial charge in [0.15, 0.2) is 0 Å². The maximum atomic E-state index is 5.93. The van der Waals surface area contributed by atoms with Gasteiger partial charge in [-0.05, 0) is 31.2 Å². The average Bonchev–Trinajstić information content (AvgIpc) is 2.77. The van der Waals surface area contributed by atoms with Crippen LogP contribution in [-0.4, -0.2) is 10.2 Å². The Hall–Kier alpha value is -1.19. The minimum absolute atomic E-state index is 0.139. The molecule has 0 aliphatic heterocycles. The van der Waals surface area contributed by atoms with Crippen LogP contribution in [-0.2, 0) is 0 Å². The van der Waals surface area contributed by atoms with Gasteiger partial charge in [-0.1, -0.05) is 23.2 Å². The van der Waals surface area contributed by atoms with Crippen LogP contribution < -0.4 is 5.32 Å². The van der Waals surface area contributed by atoms with Crippen molar-refractivity contribution in [2.24, 2.45) is 0 Å². The number of aromatic amines is 1. The molecular weight excluding hydrogens is 245 g/mol. The smallest absolute Gasteiger partial charge is 0.0651 e. The van der Waals surface area contributed by atoms with Gasteiger partial charge >= 0.3 is 0 Å². The number of hydrogen-bond donors (Lipinski definition) is 2. The first-order chi connectivity index (χ1) is 7.66. The monoisotopic (exact) mass is 255 g/mol. The van der Waals surface area contributed by atoms with Crippen molar-refractivity contribution in [3.8, 4) is 0 Å². The largest absolute Gasteiger partial charge is 0.377 e. The summed E-state index contributed by atoms with van der Waals surface area (Å²) in [6.07, 6.45) is 1.72. The summed E-state index contributed by atoms with van der Waals surface area (Å²) in [6.45, 7) is 2.04. The molecule has 84 valence electrons. The zero-order valence-corrected chi connectivity index (χ0v) is 10.2. The van der Waals surface area contributed by atoms with Gasteiger partial charge in [0, 0.05) is 11.9 Å². The highest BCUT2D eigenvalue weighted by Gasteiger charge is 2.07. The van der Waals surface area contributed by atoms with Gasteiger partial charge in [0.2, 0.25) is 0 Å². The zero-order valence-electron chi connectivity index (χ0n) is 8.67. The molecule has 1 aromatic heterocycles. The molecule has 5 heteroatoms. The van der Waals surface area contributed by atoms with Gasteiger partial charge < -0.3 is 5.32 Å². The molecule has 0 fully saturated rings. The fraction of sp³-hybridized carbons (Fsp3) is 0.182. The molecule has 0 saturated carbocycles. The van der Waals surface area contributed by atoms with Crippen LogP contribution in [0.3, 0.4) is 0 Å². The number of H-pyrrole nitrogens is 1. The van der Waals surface area contributed by atoms with Crippen molar-refractivity contribution < 1.29 is 0 Å². The molecule has 3 nitrogen and oxygen atoms in total. The summed E-state index contributed by atoms with van der Waals surface area (Å²) in [5.74, 6) is 0. The molecule has 2 N–H and O–H groups in total. The predicted molar refractivity (Wildman–Crippen MR) is 67.1 cm³/mol. The van der Waals surface area contributed by atoms with E-state index in [2.05, 4.69) is 15.5 Å². The van der Waals surface area contributed by atoms with Crippen molar-refractivity contribution >= 4 is 28.9 Å². The number of hydrogen-bond acceptors (Lipinski definition) is 2. The van der Waals surface area contributed by atoms with Crippen LogP contribution in [0, 0.1) is 0 Å². The van der Waals surface area contributed by atoms with E-state index in [4.69, 9.17) is 23.2 Å². The summed E-state index contributed by atoms with van der Waals surface area (Å²) < 4.78 is 0. The molecule has 0 saturated heterocycles. The Labute approximate surface area is 104 Å². The third kappa shape index (κ3) is 2.49.